The van der Waals surface area contributed by atoms with Gasteiger partial charge in [0.05, 0.1) is 12.2 Å². The minimum Gasteiger partial charge on any atom is -0.484 e. The summed E-state index contributed by atoms with van der Waals surface area (Å²) in [6, 6.07) is 14.4. The second-order valence-electron chi connectivity index (χ2n) is 6.84. The Labute approximate surface area is 175 Å². The zero-order valence-corrected chi connectivity index (χ0v) is 17.4. The molecule has 0 aliphatic carbocycles. The van der Waals surface area contributed by atoms with E-state index in [1.807, 2.05) is 24.3 Å². The largest absolute Gasteiger partial charge is 0.484 e. The first-order valence-corrected chi connectivity index (χ1v) is 9.92. The highest BCUT2D eigenvalue weighted by atomic mass is 35.5. The van der Waals surface area contributed by atoms with E-state index in [4.69, 9.17) is 33.3 Å². The molecule has 5 nitrogen and oxygen atoms in total. The van der Waals surface area contributed by atoms with Crippen LogP contribution in [0.1, 0.15) is 19.4 Å². The maximum Gasteiger partial charge on any atom is 0.262 e. The summed E-state index contributed by atoms with van der Waals surface area (Å²) in [5, 5.41) is 3.31. The zero-order chi connectivity index (χ0) is 20.1. The Hall–Kier alpha value is -2.15. The Morgan fingerprint density at radius 1 is 1.21 bits per heavy atom. The van der Waals surface area contributed by atoms with Crippen molar-refractivity contribution in [2.75, 3.05) is 25.0 Å². The minimum atomic E-state index is -0.252. The summed E-state index contributed by atoms with van der Waals surface area (Å²) < 4.78 is 11.3. The minimum absolute atomic E-state index is 0.0885. The highest BCUT2D eigenvalue weighted by Crippen LogP contribution is 2.19. The standard InChI is InChI=1S/C21H23ClN2O3S/c1-14-11-24(12-15(2)27-14)21(28)16-6-8-19(9-7-16)26-13-20(25)23-18-5-3-4-17(22)10-18/h3-10,14-15H,11-13H2,1-2H3,(H,23,25)/t14-,15+. The number of hydrogen-bond donors (Lipinski definition) is 1. The average Bonchev–Trinajstić information content (AvgIpc) is 2.65. The second-order valence-corrected chi connectivity index (χ2v) is 7.66. The molecule has 0 bridgehead atoms. The molecule has 1 aliphatic rings. The predicted octanol–water partition coefficient (Wildman–Crippen LogP) is 4.14. The molecule has 148 valence electrons. The van der Waals surface area contributed by atoms with Gasteiger partial charge in [-0.15, -0.1) is 0 Å². The van der Waals surface area contributed by atoms with Crippen LogP contribution in [0.4, 0.5) is 5.69 Å². The number of hydrogen-bond acceptors (Lipinski definition) is 4. The molecular formula is C21H23ClN2O3S. The summed E-state index contributed by atoms with van der Waals surface area (Å²) in [4.78, 5) is 15.0. The number of amides is 1. The summed E-state index contributed by atoms with van der Waals surface area (Å²) >= 11 is 11.5. The van der Waals surface area contributed by atoms with Crippen molar-refractivity contribution in [1.29, 1.82) is 0 Å². The number of anilines is 1. The first-order chi connectivity index (χ1) is 13.4. The number of thiocarbonyl (C=S) groups is 1. The van der Waals surface area contributed by atoms with Crippen LogP contribution < -0.4 is 10.1 Å². The quantitative estimate of drug-likeness (QED) is 0.739. The molecule has 1 aliphatic heterocycles. The van der Waals surface area contributed by atoms with Gasteiger partial charge >= 0.3 is 0 Å². The number of rotatable bonds is 5. The van der Waals surface area contributed by atoms with Gasteiger partial charge in [-0.05, 0) is 56.3 Å². The van der Waals surface area contributed by atoms with Crippen molar-refractivity contribution in [3.05, 3.63) is 59.1 Å². The molecule has 2 aromatic rings. The van der Waals surface area contributed by atoms with Gasteiger partial charge in [0.25, 0.3) is 5.91 Å². The Balaban J connectivity index is 1.52. The first-order valence-electron chi connectivity index (χ1n) is 9.13. The lowest BCUT2D eigenvalue weighted by atomic mass is 10.1. The van der Waals surface area contributed by atoms with Gasteiger partial charge in [0, 0.05) is 29.4 Å². The molecule has 0 unspecified atom stereocenters. The molecule has 1 amide bonds. The number of nitrogens with zero attached hydrogens (tertiary/aromatic N) is 1. The van der Waals surface area contributed by atoms with E-state index in [0.717, 1.165) is 23.6 Å². The summed E-state index contributed by atoms with van der Waals surface area (Å²) in [6.07, 6.45) is 0.310. The number of nitrogens with one attached hydrogen (secondary N) is 1. The Kier molecular flexibility index (Phi) is 6.88. The molecule has 28 heavy (non-hydrogen) atoms. The molecule has 3 rings (SSSR count). The van der Waals surface area contributed by atoms with Gasteiger partial charge in [0.15, 0.2) is 6.61 Å². The number of benzene rings is 2. The third-order valence-corrected chi connectivity index (χ3v) is 5.02. The third-order valence-electron chi connectivity index (χ3n) is 4.29. The summed E-state index contributed by atoms with van der Waals surface area (Å²) in [5.74, 6) is 0.356. The van der Waals surface area contributed by atoms with Gasteiger partial charge in [-0.2, -0.15) is 0 Å². The van der Waals surface area contributed by atoms with Crippen molar-refractivity contribution in [1.82, 2.24) is 4.90 Å². The Morgan fingerprint density at radius 3 is 2.54 bits per heavy atom. The smallest absolute Gasteiger partial charge is 0.262 e. The maximum atomic E-state index is 12.0. The summed E-state index contributed by atoms with van der Waals surface area (Å²) in [7, 11) is 0. The lowest BCUT2D eigenvalue weighted by Crippen LogP contribution is -2.47. The molecule has 1 N–H and O–H groups in total. The van der Waals surface area contributed by atoms with Crippen molar-refractivity contribution in [2.45, 2.75) is 26.1 Å². The van der Waals surface area contributed by atoms with E-state index in [0.29, 0.717) is 16.5 Å². The van der Waals surface area contributed by atoms with Crippen molar-refractivity contribution < 1.29 is 14.3 Å². The van der Waals surface area contributed by atoms with Gasteiger partial charge < -0.3 is 19.7 Å². The van der Waals surface area contributed by atoms with E-state index < -0.39 is 0 Å². The number of carbonyl (C=O) groups excluding carboxylic acids is 1. The van der Waals surface area contributed by atoms with Crippen LogP contribution in [0.25, 0.3) is 0 Å². The van der Waals surface area contributed by atoms with Crippen LogP contribution in [0.5, 0.6) is 5.75 Å². The van der Waals surface area contributed by atoms with Crippen LogP contribution in [0.3, 0.4) is 0 Å². The van der Waals surface area contributed by atoms with Gasteiger partial charge in [-0.25, -0.2) is 0 Å². The third kappa shape index (κ3) is 5.67. The van der Waals surface area contributed by atoms with Gasteiger partial charge in [-0.3, -0.25) is 4.79 Å². The van der Waals surface area contributed by atoms with Crippen molar-refractivity contribution in [3.8, 4) is 5.75 Å². The Morgan fingerprint density at radius 2 is 1.89 bits per heavy atom. The predicted molar refractivity (Wildman–Crippen MR) is 115 cm³/mol. The van der Waals surface area contributed by atoms with Crippen molar-refractivity contribution in [3.63, 3.8) is 0 Å². The molecule has 1 saturated heterocycles. The summed E-state index contributed by atoms with van der Waals surface area (Å²) in [6.45, 7) is 5.58. The topological polar surface area (TPSA) is 50.8 Å². The molecule has 7 heteroatoms. The fourth-order valence-corrected chi connectivity index (χ4v) is 3.61. The molecule has 1 fully saturated rings. The normalized spacial score (nSPS) is 19.2. The molecule has 0 radical (unpaired) electrons. The SMILES string of the molecule is C[C@@H]1CN(C(=S)c2ccc(OCC(=O)Nc3cccc(Cl)c3)cc2)C[C@H](C)O1. The highest BCUT2D eigenvalue weighted by Gasteiger charge is 2.24. The molecule has 2 aromatic carbocycles. The van der Waals surface area contributed by atoms with Gasteiger partial charge in [-0.1, -0.05) is 29.9 Å². The van der Waals surface area contributed by atoms with E-state index in [1.165, 1.54) is 0 Å². The molecule has 2 atom stereocenters. The molecule has 1 heterocycles. The Bertz CT molecular complexity index is 834. The van der Waals surface area contributed by atoms with Crippen molar-refractivity contribution >= 4 is 40.4 Å². The molecule has 0 aromatic heterocycles. The van der Waals surface area contributed by atoms with Crippen LogP contribution >= 0.6 is 23.8 Å². The fourth-order valence-electron chi connectivity index (χ4n) is 3.13. The monoisotopic (exact) mass is 418 g/mol. The lowest BCUT2D eigenvalue weighted by Gasteiger charge is -2.37. The van der Waals surface area contributed by atoms with E-state index in [2.05, 4.69) is 24.1 Å². The van der Waals surface area contributed by atoms with Crippen LogP contribution in [0.2, 0.25) is 5.02 Å². The number of halogens is 1. The molecule has 0 saturated carbocycles. The summed E-state index contributed by atoms with van der Waals surface area (Å²) in [5.41, 5.74) is 1.59. The molecule has 0 spiro atoms. The average molecular weight is 419 g/mol. The number of morpholine rings is 1. The first kappa shape index (κ1) is 20.6. The highest BCUT2D eigenvalue weighted by molar-refractivity contribution is 7.80. The van der Waals surface area contributed by atoms with Gasteiger partial charge in [0.2, 0.25) is 0 Å². The number of carbonyl (C=O) groups is 1. The lowest BCUT2D eigenvalue weighted by molar-refractivity contribution is -0.118. The van der Waals surface area contributed by atoms with E-state index in [-0.39, 0.29) is 24.7 Å². The van der Waals surface area contributed by atoms with Gasteiger partial charge in [0.1, 0.15) is 10.7 Å². The maximum absolute atomic E-state index is 12.0. The number of ether oxygens (including phenoxy) is 2. The van der Waals surface area contributed by atoms with E-state index in [1.54, 1.807) is 24.3 Å². The van der Waals surface area contributed by atoms with Crippen LogP contribution in [0.15, 0.2) is 48.5 Å². The van der Waals surface area contributed by atoms with Crippen LogP contribution in [0, 0.1) is 0 Å². The van der Waals surface area contributed by atoms with E-state index in [9.17, 15) is 4.79 Å². The fraction of sp³-hybridized carbons (Fsp3) is 0.333. The van der Waals surface area contributed by atoms with Crippen LogP contribution in [-0.4, -0.2) is 47.7 Å². The van der Waals surface area contributed by atoms with Crippen LogP contribution in [-0.2, 0) is 9.53 Å². The van der Waals surface area contributed by atoms with Crippen molar-refractivity contribution in [2.24, 2.45) is 0 Å². The van der Waals surface area contributed by atoms with E-state index >= 15 is 0 Å². The zero-order valence-electron chi connectivity index (χ0n) is 15.9. The molecular weight excluding hydrogens is 396 g/mol. The second kappa shape index (κ2) is 9.37.